The van der Waals surface area contributed by atoms with E-state index in [9.17, 15) is 4.79 Å². The lowest BCUT2D eigenvalue weighted by molar-refractivity contribution is -0.0586. The van der Waals surface area contributed by atoms with Crippen molar-refractivity contribution < 1.29 is 23.7 Å². The van der Waals surface area contributed by atoms with Crippen molar-refractivity contribution in [3.05, 3.63) is 41.7 Å². The Morgan fingerprint density at radius 3 is 2.18 bits per heavy atom. The molecule has 1 fully saturated rings. The van der Waals surface area contributed by atoms with Crippen LogP contribution in [0.15, 0.2) is 30.3 Å². The first-order valence-electron chi connectivity index (χ1n) is 9.12. The minimum absolute atomic E-state index is 0.00517. The zero-order chi connectivity index (χ0) is 20.1. The number of benzene rings is 1. The summed E-state index contributed by atoms with van der Waals surface area (Å²) in [7, 11) is 3.05. The Labute approximate surface area is 164 Å². The number of aromatic nitrogens is 2. The number of nitrogens with zero attached hydrogens (tertiary/aromatic N) is 3. The van der Waals surface area contributed by atoms with Gasteiger partial charge in [-0.1, -0.05) is 0 Å². The van der Waals surface area contributed by atoms with E-state index >= 15 is 0 Å². The summed E-state index contributed by atoms with van der Waals surface area (Å²) < 4.78 is 21.7. The maximum Gasteiger partial charge on any atom is 0.254 e. The standard InChI is InChI=1S/C20H25N3O5/c1-13-10-23(11-14(2)28-13)20(24)15-5-7-16(8-6-15)27-12-17-21-18(25-3)9-19(22-17)26-4/h5-9,13-14H,10-12H2,1-4H3/t13-,14+. The molecule has 1 aromatic carbocycles. The van der Waals surface area contributed by atoms with E-state index in [1.807, 2.05) is 18.7 Å². The van der Waals surface area contributed by atoms with Crippen LogP contribution in [0.4, 0.5) is 0 Å². The molecule has 3 rings (SSSR count). The minimum Gasteiger partial charge on any atom is -0.486 e. The molecule has 28 heavy (non-hydrogen) atoms. The summed E-state index contributed by atoms with van der Waals surface area (Å²) >= 11 is 0. The quantitative estimate of drug-likeness (QED) is 0.752. The van der Waals surface area contributed by atoms with E-state index in [-0.39, 0.29) is 24.7 Å². The van der Waals surface area contributed by atoms with Gasteiger partial charge < -0.3 is 23.8 Å². The number of methoxy groups -OCH3 is 2. The third-order valence-electron chi connectivity index (χ3n) is 4.32. The van der Waals surface area contributed by atoms with Crippen molar-refractivity contribution >= 4 is 5.91 Å². The molecule has 0 bridgehead atoms. The molecule has 0 aliphatic carbocycles. The SMILES string of the molecule is COc1cc(OC)nc(COc2ccc(C(=O)N3C[C@@H](C)O[C@@H](C)C3)cc2)n1. The molecular weight excluding hydrogens is 362 g/mol. The molecule has 0 spiro atoms. The Morgan fingerprint density at radius 2 is 1.64 bits per heavy atom. The number of hydrogen-bond donors (Lipinski definition) is 0. The molecular formula is C20H25N3O5. The van der Waals surface area contributed by atoms with Gasteiger partial charge in [-0.3, -0.25) is 4.79 Å². The van der Waals surface area contributed by atoms with Crippen molar-refractivity contribution in [1.29, 1.82) is 0 Å². The van der Waals surface area contributed by atoms with Gasteiger partial charge in [0.05, 0.1) is 32.5 Å². The summed E-state index contributed by atoms with van der Waals surface area (Å²) in [4.78, 5) is 23.0. The predicted octanol–water partition coefficient (Wildman–Crippen LogP) is 2.32. The summed E-state index contributed by atoms with van der Waals surface area (Å²) in [6.07, 6.45) is 0.0744. The van der Waals surface area contributed by atoms with Crippen molar-refractivity contribution in [3.63, 3.8) is 0 Å². The number of hydrogen-bond acceptors (Lipinski definition) is 7. The molecule has 2 atom stereocenters. The van der Waals surface area contributed by atoms with Crippen LogP contribution in [0.2, 0.25) is 0 Å². The van der Waals surface area contributed by atoms with Crippen LogP contribution in [0.5, 0.6) is 17.5 Å². The van der Waals surface area contributed by atoms with Gasteiger partial charge in [0.2, 0.25) is 11.8 Å². The topological polar surface area (TPSA) is 83.0 Å². The van der Waals surface area contributed by atoms with Crippen LogP contribution in [-0.4, -0.2) is 60.3 Å². The van der Waals surface area contributed by atoms with Crippen molar-refractivity contribution in [3.8, 4) is 17.5 Å². The molecule has 1 saturated heterocycles. The first-order chi connectivity index (χ1) is 13.5. The Hall–Kier alpha value is -2.87. The average molecular weight is 387 g/mol. The van der Waals surface area contributed by atoms with E-state index in [4.69, 9.17) is 18.9 Å². The average Bonchev–Trinajstić information content (AvgIpc) is 2.71. The van der Waals surface area contributed by atoms with Crippen molar-refractivity contribution in [2.75, 3.05) is 27.3 Å². The van der Waals surface area contributed by atoms with Gasteiger partial charge in [-0.15, -0.1) is 0 Å². The lowest BCUT2D eigenvalue weighted by Crippen LogP contribution is -2.48. The fourth-order valence-electron chi connectivity index (χ4n) is 3.09. The molecule has 8 heteroatoms. The number of ether oxygens (including phenoxy) is 4. The first-order valence-corrected chi connectivity index (χ1v) is 9.12. The van der Waals surface area contributed by atoms with Crippen LogP contribution >= 0.6 is 0 Å². The summed E-state index contributed by atoms with van der Waals surface area (Å²) in [6.45, 7) is 5.29. The molecule has 0 unspecified atom stereocenters. The smallest absolute Gasteiger partial charge is 0.254 e. The van der Waals surface area contributed by atoms with Crippen LogP contribution in [-0.2, 0) is 11.3 Å². The fourth-order valence-corrected chi connectivity index (χ4v) is 3.09. The maximum absolute atomic E-state index is 12.7. The van der Waals surface area contributed by atoms with E-state index in [1.165, 1.54) is 14.2 Å². The maximum atomic E-state index is 12.7. The number of morpholine rings is 1. The second-order valence-electron chi connectivity index (χ2n) is 6.65. The zero-order valence-corrected chi connectivity index (χ0v) is 16.5. The molecule has 1 amide bonds. The normalized spacial score (nSPS) is 19.2. The molecule has 1 aliphatic rings. The molecule has 0 N–H and O–H groups in total. The largest absolute Gasteiger partial charge is 0.486 e. The summed E-state index contributed by atoms with van der Waals surface area (Å²) in [5.74, 6) is 1.86. The van der Waals surface area contributed by atoms with Crippen molar-refractivity contribution in [2.24, 2.45) is 0 Å². The molecule has 2 aromatic rings. The molecule has 0 radical (unpaired) electrons. The number of amides is 1. The van der Waals surface area contributed by atoms with E-state index in [0.29, 0.717) is 42.0 Å². The molecule has 1 aromatic heterocycles. The van der Waals surface area contributed by atoms with Crippen molar-refractivity contribution in [2.45, 2.75) is 32.7 Å². The lowest BCUT2D eigenvalue weighted by Gasteiger charge is -2.35. The van der Waals surface area contributed by atoms with Gasteiger partial charge in [0.15, 0.2) is 5.82 Å². The Balaban J connectivity index is 1.62. The molecule has 1 aliphatic heterocycles. The lowest BCUT2D eigenvalue weighted by atomic mass is 10.1. The molecule has 0 saturated carbocycles. The number of carbonyl (C=O) groups excluding carboxylic acids is 1. The fraction of sp³-hybridized carbons (Fsp3) is 0.450. The zero-order valence-electron chi connectivity index (χ0n) is 16.5. The Morgan fingerprint density at radius 1 is 1.07 bits per heavy atom. The molecule has 8 nitrogen and oxygen atoms in total. The summed E-state index contributed by atoms with van der Waals surface area (Å²) in [6, 6.07) is 8.64. The van der Waals surface area contributed by atoms with Gasteiger partial charge in [0, 0.05) is 18.7 Å². The van der Waals surface area contributed by atoms with Crippen LogP contribution in [0.3, 0.4) is 0 Å². The molecule has 150 valence electrons. The highest BCUT2D eigenvalue weighted by Gasteiger charge is 2.26. The van der Waals surface area contributed by atoms with E-state index in [1.54, 1.807) is 30.3 Å². The predicted molar refractivity (Wildman–Crippen MR) is 102 cm³/mol. The number of rotatable bonds is 6. The minimum atomic E-state index is -0.00517. The summed E-state index contributed by atoms with van der Waals surface area (Å²) in [5.41, 5.74) is 0.618. The van der Waals surface area contributed by atoms with Gasteiger partial charge in [0.1, 0.15) is 12.4 Å². The van der Waals surface area contributed by atoms with Crippen molar-refractivity contribution in [1.82, 2.24) is 14.9 Å². The highest BCUT2D eigenvalue weighted by molar-refractivity contribution is 5.94. The van der Waals surface area contributed by atoms with Crippen LogP contribution in [0.1, 0.15) is 30.0 Å². The highest BCUT2D eigenvalue weighted by Crippen LogP contribution is 2.19. The van der Waals surface area contributed by atoms with Crippen LogP contribution < -0.4 is 14.2 Å². The second-order valence-corrected chi connectivity index (χ2v) is 6.65. The number of carbonyl (C=O) groups is 1. The monoisotopic (exact) mass is 387 g/mol. The van der Waals surface area contributed by atoms with Gasteiger partial charge in [0.25, 0.3) is 5.91 Å². The van der Waals surface area contributed by atoms with E-state index < -0.39 is 0 Å². The van der Waals surface area contributed by atoms with E-state index in [2.05, 4.69) is 9.97 Å². The summed E-state index contributed by atoms with van der Waals surface area (Å²) in [5, 5.41) is 0. The van der Waals surface area contributed by atoms with Crippen LogP contribution in [0, 0.1) is 0 Å². The van der Waals surface area contributed by atoms with E-state index in [0.717, 1.165) is 0 Å². The van der Waals surface area contributed by atoms with Gasteiger partial charge in [-0.05, 0) is 38.1 Å². The van der Waals surface area contributed by atoms with Crippen LogP contribution in [0.25, 0.3) is 0 Å². The second kappa shape index (κ2) is 8.88. The van der Waals surface area contributed by atoms with Gasteiger partial charge in [-0.2, -0.15) is 9.97 Å². The first kappa shape index (κ1) is 19.9. The van der Waals surface area contributed by atoms with Gasteiger partial charge >= 0.3 is 0 Å². The third-order valence-corrected chi connectivity index (χ3v) is 4.32. The molecule has 2 heterocycles. The van der Waals surface area contributed by atoms with Gasteiger partial charge in [-0.25, -0.2) is 0 Å². The third kappa shape index (κ3) is 4.89. The highest BCUT2D eigenvalue weighted by atomic mass is 16.5. The Kier molecular flexibility index (Phi) is 6.30. The Bertz CT molecular complexity index is 780.